The third-order valence-electron chi connectivity index (χ3n) is 3.83. The fourth-order valence-corrected chi connectivity index (χ4v) is 2.36. The van der Waals surface area contributed by atoms with Crippen LogP contribution in [0.3, 0.4) is 0 Å². The summed E-state index contributed by atoms with van der Waals surface area (Å²) >= 11 is 0. The Balaban J connectivity index is 2.27. The van der Waals surface area contributed by atoms with Gasteiger partial charge in [0.1, 0.15) is 11.6 Å². The van der Waals surface area contributed by atoms with E-state index in [9.17, 15) is 4.79 Å². The second-order valence-corrected chi connectivity index (χ2v) is 5.72. The summed E-state index contributed by atoms with van der Waals surface area (Å²) in [4.78, 5) is 11.6. The van der Waals surface area contributed by atoms with Crippen molar-refractivity contribution in [3.05, 3.63) is 50.9 Å². The van der Waals surface area contributed by atoms with E-state index in [1.165, 1.54) is 0 Å². The third-order valence-corrected chi connectivity index (χ3v) is 3.83. The zero-order valence-electron chi connectivity index (χ0n) is 15.3. The van der Waals surface area contributed by atoms with Crippen molar-refractivity contribution in [2.45, 2.75) is 33.6 Å². The van der Waals surface area contributed by atoms with Gasteiger partial charge in [-0.15, -0.1) is 0 Å². The number of aromatic amines is 1. The van der Waals surface area contributed by atoms with Crippen LogP contribution in [0.15, 0.2) is 23.0 Å². The van der Waals surface area contributed by atoms with E-state index in [2.05, 4.69) is 17.1 Å². The summed E-state index contributed by atoms with van der Waals surface area (Å²) in [6, 6.07) is 7.61. The molecule has 0 amide bonds. The normalized spacial score (nSPS) is 10.7. The minimum atomic E-state index is -0.477. The fraction of sp³-hybridized carbons (Fsp3) is 0.350. The topological polar surface area (TPSA) is 88.0 Å². The van der Waals surface area contributed by atoms with Gasteiger partial charge in [0.2, 0.25) is 0 Å². The molecule has 0 atom stereocenters. The van der Waals surface area contributed by atoms with Crippen LogP contribution in [0.2, 0.25) is 0 Å². The number of aromatic nitrogens is 2. The summed E-state index contributed by atoms with van der Waals surface area (Å²) in [6.07, 6.45) is 5.68. The van der Waals surface area contributed by atoms with Gasteiger partial charge in [-0.25, -0.2) is 5.10 Å². The molecule has 0 aliphatic carbocycles. The van der Waals surface area contributed by atoms with Gasteiger partial charge in [-0.3, -0.25) is 4.79 Å². The van der Waals surface area contributed by atoms with Gasteiger partial charge in [0.25, 0.3) is 5.56 Å². The van der Waals surface area contributed by atoms with E-state index in [4.69, 9.17) is 14.7 Å². The lowest BCUT2D eigenvalue weighted by Gasteiger charge is -2.12. The first-order chi connectivity index (χ1) is 12.6. The van der Waals surface area contributed by atoms with E-state index in [-0.39, 0.29) is 5.56 Å². The molecule has 26 heavy (non-hydrogen) atoms. The molecule has 0 saturated heterocycles. The highest BCUT2D eigenvalue weighted by molar-refractivity contribution is 5.71. The van der Waals surface area contributed by atoms with Crippen molar-refractivity contribution < 1.29 is 9.47 Å². The average Bonchev–Trinajstić information content (AvgIpc) is 2.63. The molecule has 6 heteroatoms. The summed E-state index contributed by atoms with van der Waals surface area (Å²) in [5.74, 6) is 1.41. The van der Waals surface area contributed by atoms with Crippen LogP contribution < -0.4 is 15.0 Å². The van der Waals surface area contributed by atoms with Crippen molar-refractivity contribution in [1.29, 1.82) is 5.26 Å². The largest absolute Gasteiger partial charge is 0.490 e. The van der Waals surface area contributed by atoms with Crippen molar-refractivity contribution >= 4 is 12.2 Å². The van der Waals surface area contributed by atoms with Crippen molar-refractivity contribution in [2.75, 3.05) is 13.2 Å². The van der Waals surface area contributed by atoms with Crippen molar-refractivity contribution in [3.8, 4) is 17.6 Å². The summed E-state index contributed by atoms with van der Waals surface area (Å²) in [5, 5.41) is 15.4. The van der Waals surface area contributed by atoms with Crippen LogP contribution in [-0.2, 0) is 0 Å². The molecule has 1 aromatic heterocycles. The summed E-state index contributed by atoms with van der Waals surface area (Å²) in [6.45, 7) is 6.95. The molecule has 0 fully saturated rings. The third kappa shape index (κ3) is 4.73. The molecule has 2 aromatic rings. The lowest BCUT2D eigenvalue weighted by atomic mass is 10.1. The number of H-pyrrole nitrogens is 1. The molecule has 0 unspecified atom stereocenters. The molecular formula is C20H23N3O3. The van der Waals surface area contributed by atoms with E-state index in [0.717, 1.165) is 24.2 Å². The zero-order chi connectivity index (χ0) is 18.9. The minimum absolute atomic E-state index is 0.0781. The lowest BCUT2D eigenvalue weighted by Crippen LogP contribution is -2.15. The number of ether oxygens (including phenoxy) is 2. The van der Waals surface area contributed by atoms with Crippen LogP contribution in [0.25, 0.3) is 12.2 Å². The van der Waals surface area contributed by atoms with Crippen molar-refractivity contribution in [1.82, 2.24) is 10.2 Å². The molecule has 136 valence electrons. The Morgan fingerprint density at radius 1 is 1.23 bits per heavy atom. The predicted molar refractivity (Wildman–Crippen MR) is 101 cm³/mol. The van der Waals surface area contributed by atoms with Crippen LogP contribution in [-0.4, -0.2) is 23.4 Å². The van der Waals surface area contributed by atoms with E-state index in [1.807, 2.05) is 37.3 Å². The smallest absolute Gasteiger partial charge is 0.282 e. The fourth-order valence-electron chi connectivity index (χ4n) is 2.36. The van der Waals surface area contributed by atoms with Crippen LogP contribution in [0, 0.1) is 18.3 Å². The Bertz CT molecular complexity index is 879. The number of unbranched alkanes of at least 4 members (excludes halogenated alkanes) is 1. The average molecular weight is 353 g/mol. The number of nitrogens with zero attached hydrogens (tertiary/aromatic N) is 2. The molecule has 6 nitrogen and oxygen atoms in total. The molecule has 1 aromatic carbocycles. The molecule has 0 bridgehead atoms. The second-order valence-electron chi connectivity index (χ2n) is 5.72. The number of nitrogens with one attached hydrogen (secondary N) is 1. The van der Waals surface area contributed by atoms with E-state index in [0.29, 0.717) is 30.2 Å². The molecule has 1 heterocycles. The standard InChI is InChI=1S/C20H23N3O3/c1-4-6-11-26-18-10-8-15(12-19(18)25-5-2)7-9-17-14(3)16(13-21)20(24)23-22-17/h7-10,12H,4-6,11H2,1-3H3,(H,23,24)/b9-7+. The highest BCUT2D eigenvalue weighted by atomic mass is 16.5. The van der Waals surface area contributed by atoms with Crippen molar-refractivity contribution in [2.24, 2.45) is 0 Å². The summed E-state index contributed by atoms with van der Waals surface area (Å²) in [5.41, 5.74) is 1.60. The summed E-state index contributed by atoms with van der Waals surface area (Å²) < 4.78 is 11.4. The lowest BCUT2D eigenvalue weighted by molar-refractivity contribution is 0.272. The van der Waals surface area contributed by atoms with E-state index < -0.39 is 5.56 Å². The van der Waals surface area contributed by atoms with Gasteiger partial charge in [-0.1, -0.05) is 25.5 Å². The van der Waals surface area contributed by atoms with Crippen LogP contribution >= 0.6 is 0 Å². The number of hydrogen-bond donors (Lipinski definition) is 1. The van der Waals surface area contributed by atoms with Gasteiger partial charge in [-0.05, 0) is 49.6 Å². The van der Waals surface area contributed by atoms with Crippen molar-refractivity contribution in [3.63, 3.8) is 0 Å². The first kappa shape index (κ1) is 19.3. The molecule has 0 aliphatic heterocycles. The van der Waals surface area contributed by atoms with Gasteiger partial charge >= 0.3 is 0 Å². The van der Waals surface area contributed by atoms with Gasteiger partial charge in [0.15, 0.2) is 11.5 Å². The maximum absolute atomic E-state index is 11.6. The quantitative estimate of drug-likeness (QED) is 0.731. The number of hydrogen-bond acceptors (Lipinski definition) is 5. The maximum Gasteiger partial charge on any atom is 0.282 e. The monoisotopic (exact) mass is 353 g/mol. The number of nitriles is 1. The predicted octanol–water partition coefficient (Wildman–Crippen LogP) is 3.70. The molecule has 1 N–H and O–H groups in total. The van der Waals surface area contributed by atoms with Gasteiger partial charge < -0.3 is 9.47 Å². The molecular weight excluding hydrogens is 330 g/mol. The Morgan fingerprint density at radius 2 is 2.04 bits per heavy atom. The Morgan fingerprint density at radius 3 is 2.73 bits per heavy atom. The minimum Gasteiger partial charge on any atom is -0.490 e. The molecule has 0 radical (unpaired) electrons. The van der Waals surface area contributed by atoms with Gasteiger partial charge in [-0.2, -0.15) is 10.4 Å². The van der Waals surface area contributed by atoms with Crippen LogP contribution in [0.1, 0.15) is 49.1 Å². The summed E-state index contributed by atoms with van der Waals surface area (Å²) in [7, 11) is 0. The molecule has 0 saturated carbocycles. The molecule has 0 aliphatic rings. The molecule has 0 spiro atoms. The van der Waals surface area contributed by atoms with Crippen LogP contribution in [0.4, 0.5) is 0 Å². The Hall–Kier alpha value is -3.07. The number of rotatable bonds is 8. The molecule has 2 rings (SSSR count). The highest BCUT2D eigenvalue weighted by Crippen LogP contribution is 2.29. The maximum atomic E-state index is 11.6. The SMILES string of the molecule is CCCCOc1ccc(/C=C/c2n[nH]c(=O)c(C#N)c2C)cc1OCC. The van der Waals surface area contributed by atoms with E-state index in [1.54, 1.807) is 13.0 Å². The zero-order valence-corrected chi connectivity index (χ0v) is 15.3. The number of benzene rings is 1. The Kier molecular flexibility index (Phi) is 6.98. The second kappa shape index (κ2) is 9.42. The van der Waals surface area contributed by atoms with Crippen LogP contribution in [0.5, 0.6) is 11.5 Å². The first-order valence-electron chi connectivity index (χ1n) is 8.67. The Labute approximate surface area is 153 Å². The van der Waals surface area contributed by atoms with Gasteiger partial charge in [0, 0.05) is 0 Å². The highest BCUT2D eigenvalue weighted by Gasteiger charge is 2.08. The van der Waals surface area contributed by atoms with Gasteiger partial charge in [0.05, 0.1) is 18.9 Å². The van der Waals surface area contributed by atoms with E-state index >= 15 is 0 Å². The first-order valence-corrected chi connectivity index (χ1v) is 8.67.